The minimum absolute atomic E-state index is 0.0197. The zero-order valence-electron chi connectivity index (χ0n) is 20.5. The first-order valence-corrected chi connectivity index (χ1v) is 10.7. The Balaban J connectivity index is -0.000000398. The number of ketones is 3. The summed E-state index contributed by atoms with van der Waals surface area (Å²) in [6.07, 6.45) is 3.15. The molecule has 11 nitrogen and oxygen atoms in total. The van der Waals surface area contributed by atoms with Crippen LogP contribution in [-0.2, 0) is 24.0 Å². The predicted octanol–water partition coefficient (Wildman–Crippen LogP) is -0.0748. The van der Waals surface area contributed by atoms with Crippen LogP contribution < -0.4 is 27.2 Å². The normalized spacial score (nSPS) is 12.6. The second-order valence-electron chi connectivity index (χ2n) is 7.18. The summed E-state index contributed by atoms with van der Waals surface area (Å²) >= 11 is 0. The molecule has 11 heteroatoms. The Kier molecular flexibility index (Phi) is 23.7. The minimum atomic E-state index is -0.869. The van der Waals surface area contributed by atoms with Gasteiger partial charge in [0, 0.05) is 12.8 Å². The van der Waals surface area contributed by atoms with Gasteiger partial charge in [0.1, 0.15) is 17.3 Å². The Labute approximate surface area is 191 Å². The van der Waals surface area contributed by atoms with E-state index in [-0.39, 0.29) is 54.2 Å². The van der Waals surface area contributed by atoms with Crippen LogP contribution in [0.4, 0.5) is 0 Å². The van der Waals surface area contributed by atoms with Gasteiger partial charge in [0.2, 0.25) is 5.91 Å². The van der Waals surface area contributed by atoms with E-state index in [2.05, 4.69) is 22.9 Å². The van der Waals surface area contributed by atoms with Crippen LogP contribution in [0.15, 0.2) is 0 Å². The molecule has 0 saturated heterocycles. The Morgan fingerprint density at radius 3 is 1.28 bits per heavy atom. The smallest absolute Gasteiger partial charge is 0.303 e. The number of Topliss-reactive ketones (excluding diaryl/α,β-unsaturated/α-hetero) is 3. The molecule has 7 N–H and O–H groups in total. The van der Waals surface area contributed by atoms with Crippen LogP contribution >= 0.6 is 0 Å². The molecule has 0 aromatic heterocycles. The van der Waals surface area contributed by atoms with Crippen LogP contribution in [0.1, 0.15) is 66.2 Å². The lowest BCUT2D eigenvalue weighted by atomic mass is 10.1. The van der Waals surface area contributed by atoms with E-state index < -0.39 is 5.97 Å². The lowest BCUT2D eigenvalue weighted by molar-refractivity contribution is -0.137. The number of hydrogen-bond donors (Lipinski definition) is 6. The van der Waals surface area contributed by atoms with Gasteiger partial charge in [-0.25, -0.2) is 5.84 Å². The van der Waals surface area contributed by atoms with Gasteiger partial charge < -0.3 is 21.1 Å². The molecule has 32 heavy (non-hydrogen) atoms. The summed E-state index contributed by atoms with van der Waals surface area (Å²) in [5.41, 5.74) is 2.01. The Hall–Kier alpha value is -2.21. The number of carboxylic acid groups (broad SMARTS) is 1. The fraction of sp³-hybridized carbons (Fsp3) is 0.762. The van der Waals surface area contributed by atoms with Crippen molar-refractivity contribution in [3.63, 3.8) is 0 Å². The molecule has 0 heterocycles. The maximum atomic E-state index is 10.9. The quantitative estimate of drug-likeness (QED) is 0.116. The largest absolute Gasteiger partial charge is 0.481 e. The number of amides is 1. The number of hydrazine groups is 1. The Morgan fingerprint density at radius 1 is 0.719 bits per heavy atom. The number of nitrogens with two attached hydrogens (primary N) is 1. The lowest BCUT2D eigenvalue weighted by Gasteiger charge is -2.10. The third-order valence-electron chi connectivity index (χ3n) is 4.56. The fourth-order valence-corrected chi connectivity index (χ4v) is 2.56. The third-order valence-corrected chi connectivity index (χ3v) is 4.56. The molecular weight excluding hydrogens is 418 g/mol. The van der Waals surface area contributed by atoms with Gasteiger partial charge in [0.05, 0.1) is 18.1 Å². The molecule has 3 unspecified atom stereocenters. The van der Waals surface area contributed by atoms with Gasteiger partial charge in [-0.3, -0.25) is 29.4 Å². The topological polar surface area (TPSA) is 180 Å². The van der Waals surface area contributed by atoms with Crippen molar-refractivity contribution in [2.45, 2.75) is 84.3 Å². The highest BCUT2D eigenvalue weighted by Gasteiger charge is 2.13. The lowest BCUT2D eigenvalue weighted by Crippen LogP contribution is -2.35. The molecule has 0 aliphatic heterocycles. The fourth-order valence-electron chi connectivity index (χ4n) is 2.56. The second-order valence-corrected chi connectivity index (χ2v) is 7.18. The van der Waals surface area contributed by atoms with Crippen molar-refractivity contribution in [3.8, 4) is 0 Å². The standard InChI is InChI=1S/C7H15N3O2.C7H13NO3.C7H15NO/c1-5(11)6(9-2)3-4-7(12)10-8;1-5(9)6(8-2)3-4-7(10)11;1-4-5-7(8-3)6(2)9/h6,9H,3-4,8H2,1-2H3,(H,10,12);6,8H,3-4H2,1-2H3,(H,10,11);7-8H,4-5H2,1-3H3. The van der Waals surface area contributed by atoms with Gasteiger partial charge in [-0.2, -0.15) is 0 Å². The van der Waals surface area contributed by atoms with Crippen LogP contribution in [0.25, 0.3) is 0 Å². The van der Waals surface area contributed by atoms with E-state index in [1.165, 1.54) is 13.8 Å². The van der Waals surface area contributed by atoms with E-state index in [0.29, 0.717) is 12.8 Å². The number of hydrogen-bond acceptors (Lipinski definition) is 9. The average molecular weight is 462 g/mol. The number of aliphatic carboxylic acids is 1. The van der Waals surface area contributed by atoms with Gasteiger partial charge in [-0.1, -0.05) is 13.3 Å². The molecule has 1 amide bonds. The predicted molar refractivity (Wildman–Crippen MR) is 124 cm³/mol. The van der Waals surface area contributed by atoms with Crippen molar-refractivity contribution >= 4 is 29.2 Å². The van der Waals surface area contributed by atoms with Crippen molar-refractivity contribution in [1.82, 2.24) is 21.4 Å². The zero-order valence-corrected chi connectivity index (χ0v) is 20.5. The van der Waals surface area contributed by atoms with Gasteiger partial charge in [-0.05, 0) is 61.2 Å². The van der Waals surface area contributed by atoms with Crippen LogP contribution in [-0.4, -0.2) is 73.6 Å². The van der Waals surface area contributed by atoms with Crippen molar-refractivity contribution in [2.24, 2.45) is 5.84 Å². The minimum Gasteiger partial charge on any atom is -0.481 e. The van der Waals surface area contributed by atoms with Crippen molar-refractivity contribution < 1.29 is 29.1 Å². The molecule has 188 valence electrons. The summed E-state index contributed by atoms with van der Waals surface area (Å²) < 4.78 is 0. The van der Waals surface area contributed by atoms with Crippen molar-refractivity contribution in [3.05, 3.63) is 0 Å². The molecule has 0 rings (SSSR count). The van der Waals surface area contributed by atoms with E-state index in [9.17, 15) is 24.0 Å². The number of carboxylic acids is 1. The summed E-state index contributed by atoms with van der Waals surface area (Å²) in [4.78, 5) is 53.1. The van der Waals surface area contributed by atoms with E-state index in [1.807, 2.05) is 12.5 Å². The zero-order chi connectivity index (χ0) is 25.7. The highest BCUT2D eigenvalue weighted by molar-refractivity contribution is 5.83. The number of carbonyl (C=O) groups is 5. The summed E-state index contributed by atoms with van der Waals surface area (Å²) in [6.45, 7) is 6.63. The monoisotopic (exact) mass is 461 g/mol. The molecule has 0 spiro atoms. The SMILES string of the molecule is CCCC(NC)C(C)=O.CNC(CCC(=O)NN)C(C)=O.CNC(CCC(=O)O)C(C)=O. The van der Waals surface area contributed by atoms with Crippen LogP contribution in [0.5, 0.6) is 0 Å². The maximum Gasteiger partial charge on any atom is 0.303 e. The summed E-state index contributed by atoms with van der Waals surface area (Å²) in [6, 6.07) is -0.483. The number of likely N-dealkylation sites (N-methyl/N-ethyl adjacent to an activating group) is 3. The first-order chi connectivity index (χ1) is 14.9. The molecule has 0 bridgehead atoms. The van der Waals surface area contributed by atoms with Crippen LogP contribution in [0.3, 0.4) is 0 Å². The summed E-state index contributed by atoms with van der Waals surface area (Å²) in [7, 11) is 5.15. The molecule has 3 atom stereocenters. The number of carbonyl (C=O) groups excluding carboxylic acids is 4. The van der Waals surface area contributed by atoms with Crippen molar-refractivity contribution in [1.29, 1.82) is 0 Å². The highest BCUT2D eigenvalue weighted by Crippen LogP contribution is 1.98. The van der Waals surface area contributed by atoms with Crippen LogP contribution in [0, 0.1) is 0 Å². The first-order valence-electron chi connectivity index (χ1n) is 10.7. The summed E-state index contributed by atoms with van der Waals surface area (Å²) in [5.74, 6) is 3.99. The third kappa shape index (κ3) is 21.0. The van der Waals surface area contributed by atoms with Gasteiger partial charge in [-0.15, -0.1) is 0 Å². The molecule has 0 saturated carbocycles. The summed E-state index contributed by atoms with van der Waals surface area (Å²) in [5, 5.41) is 16.8. The number of nitrogens with one attached hydrogen (secondary N) is 4. The van der Waals surface area contributed by atoms with Gasteiger partial charge in [0.15, 0.2) is 0 Å². The second kappa shape index (κ2) is 22.0. The first kappa shape index (κ1) is 34.4. The van der Waals surface area contributed by atoms with E-state index in [1.54, 1.807) is 21.0 Å². The molecule has 0 aromatic carbocycles. The Morgan fingerprint density at radius 2 is 1.06 bits per heavy atom. The van der Waals surface area contributed by atoms with E-state index in [4.69, 9.17) is 10.9 Å². The molecule has 0 aliphatic carbocycles. The van der Waals surface area contributed by atoms with Crippen molar-refractivity contribution in [2.75, 3.05) is 21.1 Å². The molecule has 0 aliphatic rings. The Bertz CT molecular complexity index is 571. The maximum absolute atomic E-state index is 10.9. The molecular formula is C21H43N5O6. The van der Waals surface area contributed by atoms with E-state index in [0.717, 1.165) is 12.8 Å². The molecule has 0 radical (unpaired) electrons. The molecule has 0 aromatic rings. The molecule has 0 fully saturated rings. The van der Waals surface area contributed by atoms with E-state index >= 15 is 0 Å². The average Bonchev–Trinajstić information content (AvgIpc) is 2.72. The van der Waals surface area contributed by atoms with Gasteiger partial charge in [0.25, 0.3) is 0 Å². The van der Waals surface area contributed by atoms with Crippen LogP contribution in [0.2, 0.25) is 0 Å². The van der Waals surface area contributed by atoms with Gasteiger partial charge >= 0.3 is 5.97 Å². The highest BCUT2D eigenvalue weighted by atomic mass is 16.4. The number of rotatable bonds is 14.